The van der Waals surface area contributed by atoms with Gasteiger partial charge in [-0.1, -0.05) is 0 Å². The number of hydrogen-bond donors (Lipinski definition) is 3. The summed E-state index contributed by atoms with van der Waals surface area (Å²) in [5.41, 5.74) is 3.91. The molecule has 3 aliphatic heterocycles. The van der Waals surface area contributed by atoms with E-state index in [0.717, 1.165) is 69.0 Å². The van der Waals surface area contributed by atoms with Gasteiger partial charge in [-0.15, -0.1) is 0 Å². The number of likely N-dealkylation sites (N-methyl/N-ethyl adjacent to an activating group) is 2. The number of ether oxygens (including phenoxy) is 2. The Labute approximate surface area is 290 Å². The van der Waals surface area contributed by atoms with Crippen molar-refractivity contribution < 1.29 is 27.2 Å². The molecule has 0 unspecified atom stereocenters. The van der Waals surface area contributed by atoms with Crippen LogP contribution in [0.1, 0.15) is 18.4 Å². The average molecular weight is 712 g/mol. The van der Waals surface area contributed by atoms with E-state index >= 15 is 0 Å². The molecule has 50 heavy (non-hydrogen) atoms. The minimum absolute atomic E-state index is 0.0530. The van der Waals surface area contributed by atoms with Crippen LogP contribution < -0.4 is 35.2 Å². The molecular weight excluding hydrogens is 670 g/mol. The standard InChI is InChI=1S/C34H41F3N9O3P/c1-21-18-25(28(49-20-34(35,36)37)19-27(21)46-10-7-22(8-11-46)45-14-12-43(2)13-15-45)40-33-41-31-23(6-9-38-31)32(42-33)39-24-4-5-26-29(30(24)50-47)48-17-16-44(26)3/h4-6,9,18-19,22H,7-8,10-17,20H2,1-3H3,(H3,38,39,40,41,42). The number of aromatic nitrogens is 3. The zero-order valence-electron chi connectivity index (χ0n) is 28.3. The highest BCUT2D eigenvalue weighted by Crippen LogP contribution is 2.39. The zero-order chi connectivity index (χ0) is 35.0. The van der Waals surface area contributed by atoms with E-state index in [1.807, 2.05) is 37.1 Å². The Bertz CT molecular complexity index is 1860. The van der Waals surface area contributed by atoms with Crippen molar-refractivity contribution in [2.75, 3.05) is 93.6 Å². The van der Waals surface area contributed by atoms with Crippen LogP contribution in [0.2, 0.25) is 0 Å². The Hall–Kier alpha value is -4.33. The number of aryl methyl sites for hydroxylation is 1. The highest BCUT2D eigenvalue weighted by atomic mass is 31.1. The predicted octanol–water partition coefficient (Wildman–Crippen LogP) is 5.66. The van der Waals surface area contributed by atoms with Crippen molar-refractivity contribution in [3.8, 4) is 11.5 Å². The van der Waals surface area contributed by atoms with Crippen molar-refractivity contribution in [3.05, 3.63) is 42.1 Å². The van der Waals surface area contributed by atoms with Crippen LogP contribution in [0.4, 0.5) is 47.7 Å². The molecule has 7 rings (SSSR count). The van der Waals surface area contributed by atoms with Crippen molar-refractivity contribution in [3.63, 3.8) is 0 Å². The maximum Gasteiger partial charge on any atom is 0.422 e. The second kappa shape index (κ2) is 14.1. The molecule has 16 heteroatoms. The van der Waals surface area contributed by atoms with Crippen LogP contribution in [0.3, 0.4) is 0 Å². The molecule has 3 N–H and O–H groups in total. The number of nitrogens with zero attached hydrogens (tertiary/aromatic N) is 6. The van der Waals surface area contributed by atoms with E-state index in [2.05, 4.69) is 42.3 Å². The first kappa shape index (κ1) is 34.1. The fourth-order valence-electron chi connectivity index (χ4n) is 6.99. The van der Waals surface area contributed by atoms with Gasteiger partial charge in [-0.25, -0.2) is 0 Å². The maximum atomic E-state index is 13.4. The van der Waals surface area contributed by atoms with Gasteiger partial charge in [0.1, 0.15) is 29.1 Å². The number of H-pyrrole nitrogens is 1. The number of piperidine rings is 1. The largest absolute Gasteiger partial charge is 0.488 e. The lowest BCUT2D eigenvalue weighted by molar-refractivity contribution is -0.153. The lowest BCUT2D eigenvalue weighted by atomic mass is 10.0. The Kier molecular flexibility index (Phi) is 9.64. The Morgan fingerprint density at radius 3 is 2.50 bits per heavy atom. The summed E-state index contributed by atoms with van der Waals surface area (Å²) in [6, 6.07) is 9.50. The molecule has 0 atom stereocenters. The van der Waals surface area contributed by atoms with Gasteiger partial charge in [0.25, 0.3) is 0 Å². The molecule has 0 bridgehead atoms. The molecular formula is C34H41F3N9O3P. The third-order valence-electron chi connectivity index (χ3n) is 9.75. The lowest BCUT2D eigenvalue weighted by Crippen LogP contribution is -2.52. The number of hydrogen-bond acceptors (Lipinski definition) is 11. The molecule has 2 aromatic carbocycles. The third-order valence-corrected chi connectivity index (χ3v) is 10.4. The highest BCUT2D eigenvalue weighted by Gasteiger charge is 2.31. The molecule has 0 aliphatic carbocycles. The maximum absolute atomic E-state index is 13.4. The summed E-state index contributed by atoms with van der Waals surface area (Å²) >= 11 is 0. The van der Waals surface area contributed by atoms with Gasteiger partial charge < -0.3 is 39.8 Å². The molecule has 4 aromatic rings. The van der Waals surface area contributed by atoms with Gasteiger partial charge in [-0.3, -0.25) is 9.46 Å². The van der Waals surface area contributed by atoms with Crippen molar-refractivity contribution in [2.24, 2.45) is 0 Å². The number of nitrogens with one attached hydrogen (secondary N) is 3. The molecule has 0 spiro atoms. The van der Waals surface area contributed by atoms with E-state index in [1.165, 1.54) is 0 Å². The zero-order valence-corrected chi connectivity index (χ0v) is 29.2. The third kappa shape index (κ3) is 7.26. The first-order valence-corrected chi connectivity index (χ1v) is 17.6. The van der Waals surface area contributed by atoms with Crippen LogP contribution in [-0.2, 0) is 4.57 Å². The summed E-state index contributed by atoms with van der Waals surface area (Å²) in [7, 11) is 3.87. The smallest absolute Gasteiger partial charge is 0.422 e. The van der Waals surface area contributed by atoms with E-state index in [1.54, 1.807) is 18.3 Å². The quantitative estimate of drug-likeness (QED) is 0.187. The summed E-state index contributed by atoms with van der Waals surface area (Å²) in [5.74, 6) is 1.12. The number of halogens is 3. The number of alkyl halides is 3. The van der Waals surface area contributed by atoms with Crippen LogP contribution >= 0.6 is 8.46 Å². The van der Waals surface area contributed by atoms with Crippen LogP contribution in [0, 0.1) is 6.92 Å². The van der Waals surface area contributed by atoms with Crippen LogP contribution in [0.5, 0.6) is 11.5 Å². The molecule has 0 radical (unpaired) electrons. The monoisotopic (exact) mass is 711 g/mol. The fraction of sp³-hybridized carbons (Fsp3) is 0.471. The van der Waals surface area contributed by atoms with E-state index in [0.29, 0.717) is 58.5 Å². The van der Waals surface area contributed by atoms with Gasteiger partial charge in [0.05, 0.1) is 29.0 Å². The van der Waals surface area contributed by atoms with E-state index in [-0.39, 0.29) is 20.2 Å². The van der Waals surface area contributed by atoms with Crippen molar-refractivity contribution in [1.29, 1.82) is 0 Å². The van der Waals surface area contributed by atoms with Crippen LogP contribution in [0.25, 0.3) is 11.0 Å². The summed E-state index contributed by atoms with van der Waals surface area (Å²) in [6.45, 7) is 7.54. The normalized spacial score (nSPS) is 18.0. The summed E-state index contributed by atoms with van der Waals surface area (Å²) < 4.78 is 64.0. The van der Waals surface area contributed by atoms with E-state index in [4.69, 9.17) is 14.5 Å². The lowest BCUT2D eigenvalue weighted by Gasteiger charge is -2.43. The van der Waals surface area contributed by atoms with Crippen molar-refractivity contribution in [2.45, 2.75) is 32.0 Å². The van der Waals surface area contributed by atoms with E-state index in [9.17, 15) is 17.7 Å². The second-order valence-electron chi connectivity index (χ2n) is 13.2. The number of anilines is 6. The number of rotatable bonds is 9. The number of aromatic amines is 1. The average Bonchev–Trinajstić information content (AvgIpc) is 3.57. The summed E-state index contributed by atoms with van der Waals surface area (Å²) in [5, 5.41) is 7.53. The SMILES string of the molecule is Cc1cc(Nc2nc(Nc3ccc4c(c3P=O)OCCN4C)c3cc[nH]c3n2)c(OCC(F)(F)F)cc1N1CCC(N2CCN(C)CC2)CC1. The molecule has 2 saturated heterocycles. The highest BCUT2D eigenvalue weighted by molar-refractivity contribution is 7.35. The first-order chi connectivity index (χ1) is 24.1. The number of benzene rings is 2. The van der Waals surface area contributed by atoms with Crippen LogP contribution in [0.15, 0.2) is 36.5 Å². The minimum atomic E-state index is -4.52. The molecule has 2 aromatic heterocycles. The van der Waals surface area contributed by atoms with Gasteiger partial charge in [0.2, 0.25) is 5.95 Å². The van der Waals surface area contributed by atoms with Crippen LogP contribution in [-0.4, -0.2) is 110 Å². The summed E-state index contributed by atoms with van der Waals surface area (Å²) in [4.78, 5) is 21.6. The molecule has 2 fully saturated rings. The molecule has 5 heterocycles. The predicted molar refractivity (Wildman–Crippen MR) is 190 cm³/mol. The topological polar surface area (TPSA) is 114 Å². The minimum Gasteiger partial charge on any atom is -0.488 e. The molecule has 266 valence electrons. The van der Waals surface area contributed by atoms with Crippen molar-refractivity contribution in [1.82, 2.24) is 24.8 Å². The molecule has 0 amide bonds. The molecule has 12 nitrogen and oxygen atoms in total. The van der Waals surface area contributed by atoms with Crippen molar-refractivity contribution >= 4 is 59.3 Å². The van der Waals surface area contributed by atoms with Gasteiger partial charge in [-0.05, 0) is 56.6 Å². The van der Waals surface area contributed by atoms with Gasteiger partial charge in [0, 0.05) is 70.3 Å². The second-order valence-corrected chi connectivity index (χ2v) is 13.8. The van der Waals surface area contributed by atoms with E-state index < -0.39 is 12.8 Å². The Morgan fingerprint density at radius 1 is 0.980 bits per heavy atom. The first-order valence-electron chi connectivity index (χ1n) is 16.8. The molecule has 3 aliphatic rings. The Morgan fingerprint density at radius 2 is 1.76 bits per heavy atom. The summed E-state index contributed by atoms with van der Waals surface area (Å²) in [6.07, 6.45) is -0.827. The number of fused-ring (bicyclic) bond motifs is 2. The Balaban J connectivity index is 1.16. The van der Waals surface area contributed by atoms with Gasteiger partial charge in [-0.2, -0.15) is 23.1 Å². The number of piperazine rings is 1. The van der Waals surface area contributed by atoms with Gasteiger partial charge in [0.15, 0.2) is 20.8 Å². The fourth-order valence-corrected chi connectivity index (χ4v) is 7.48. The van der Waals surface area contributed by atoms with Gasteiger partial charge >= 0.3 is 6.18 Å². The molecule has 0 saturated carbocycles.